The van der Waals surface area contributed by atoms with Gasteiger partial charge in [-0.1, -0.05) is 5.11 Å². The maximum atomic E-state index is 11.5. The Morgan fingerprint density at radius 1 is 1.15 bits per heavy atom. The summed E-state index contributed by atoms with van der Waals surface area (Å²) in [5, 5.41) is 4.08. The van der Waals surface area contributed by atoms with Crippen molar-refractivity contribution < 1.29 is 42.8 Å². The number of rotatable bonds is 17. The molecule has 0 saturated carbocycles. The number of amides is 1. The third-order valence-electron chi connectivity index (χ3n) is 3.05. The Morgan fingerprint density at radius 2 is 1.70 bits per heavy atom. The molecule has 0 aliphatic carbocycles. The van der Waals surface area contributed by atoms with Crippen molar-refractivity contribution in [3.05, 3.63) is 10.4 Å². The van der Waals surface area contributed by atoms with Crippen LogP contribution in [0.1, 0.15) is 12.8 Å². The van der Waals surface area contributed by atoms with E-state index < -0.39 is 26.9 Å². The fourth-order valence-electron chi connectivity index (χ4n) is 1.75. The van der Waals surface area contributed by atoms with Crippen LogP contribution in [0, 0.1) is 0 Å². The summed E-state index contributed by atoms with van der Waals surface area (Å²) in [7, 11) is -8.14. The molecule has 0 rings (SSSR count). The van der Waals surface area contributed by atoms with Crippen LogP contribution in [0.25, 0.3) is 10.4 Å². The zero-order valence-corrected chi connectivity index (χ0v) is 16.6. The van der Waals surface area contributed by atoms with Gasteiger partial charge in [0.1, 0.15) is 5.40 Å². The number of nitrogens with one attached hydrogen (secondary N) is 1. The van der Waals surface area contributed by atoms with E-state index in [2.05, 4.69) is 15.3 Å². The molecule has 0 aliphatic rings. The summed E-state index contributed by atoms with van der Waals surface area (Å²) < 4.78 is 37.6. The van der Waals surface area contributed by atoms with Gasteiger partial charge in [0.15, 0.2) is 0 Å². The molecule has 15 heteroatoms. The molecule has 0 aromatic heterocycles. The molecule has 4 N–H and O–H groups in total. The molecule has 27 heavy (non-hydrogen) atoms. The maximum Gasteiger partial charge on any atom is 0.337 e. The first kappa shape index (κ1) is 26.0. The highest BCUT2D eigenvalue weighted by atomic mass is 31.2. The Balaban J connectivity index is 3.54. The zero-order valence-electron chi connectivity index (χ0n) is 14.7. The molecule has 0 aliphatic heterocycles. The molecular formula is C12H26N4O9P2. The van der Waals surface area contributed by atoms with Crippen molar-refractivity contribution in [2.45, 2.75) is 18.2 Å². The van der Waals surface area contributed by atoms with Crippen LogP contribution in [-0.2, 0) is 28.1 Å². The van der Waals surface area contributed by atoms with Crippen LogP contribution >= 0.6 is 15.6 Å². The molecule has 2 atom stereocenters. The van der Waals surface area contributed by atoms with Crippen LogP contribution in [0.15, 0.2) is 5.11 Å². The Morgan fingerprint density at radius 3 is 2.22 bits per heavy atom. The van der Waals surface area contributed by atoms with Crippen LogP contribution < -0.4 is 5.32 Å². The van der Waals surface area contributed by atoms with Crippen LogP contribution in [0.5, 0.6) is 0 Å². The van der Waals surface area contributed by atoms with Crippen molar-refractivity contribution in [3.8, 4) is 0 Å². The SMILES string of the molecule is [N-]=[N+]=NCCOCCOCCOCCNC(=O)CCC([PH](=O)O)P(=O)(O)O. The fourth-order valence-corrected chi connectivity index (χ4v) is 3.75. The lowest BCUT2D eigenvalue weighted by Gasteiger charge is -2.14. The minimum absolute atomic E-state index is 0.191. The van der Waals surface area contributed by atoms with E-state index in [1.807, 2.05) is 0 Å². The first-order valence-corrected chi connectivity index (χ1v) is 11.2. The van der Waals surface area contributed by atoms with Gasteiger partial charge in [-0.3, -0.25) is 13.9 Å². The lowest BCUT2D eigenvalue weighted by atomic mass is 10.3. The third-order valence-corrected chi connectivity index (χ3v) is 6.65. The summed E-state index contributed by atoms with van der Waals surface area (Å²) in [5.74, 6) is -0.491. The first-order valence-electron chi connectivity index (χ1n) is 8.07. The van der Waals surface area contributed by atoms with Gasteiger partial charge >= 0.3 is 7.60 Å². The van der Waals surface area contributed by atoms with Gasteiger partial charge in [-0.15, -0.1) is 0 Å². The minimum Gasteiger partial charge on any atom is -0.379 e. The zero-order chi connectivity index (χ0) is 20.5. The Kier molecular flexibility index (Phi) is 15.4. The van der Waals surface area contributed by atoms with E-state index in [1.54, 1.807) is 0 Å². The smallest absolute Gasteiger partial charge is 0.337 e. The normalized spacial score (nSPS) is 13.6. The fraction of sp³-hybridized carbons (Fsp3) is 0.917. The molecule has 0 heterocycles. The highest BCUT2D eigenvalue weighted by Crippen LogP contribution is 2.53. The topological polar surface area (TPSA) is 200 Å². The molecule has 13 nitrogen and oxygen atoms in total. The number of ether oxygens (including phenoxy) is 3. The van der Waals surface area contributed by atoms with Gasteiger partial charge in [0.25, 0.3) is 0 Å². The van der Waals surface area contributed by atoms with Crippen LogP contribution in [0.4, 0.5) is 0 Å². The summed E-state index contributed by atoms with van der Waals surface area (Å²) in [5.41, 5.74) is 8.05. The van der Waals surface area contributed by atoms with Crippen molar-refractivity contribution in [2.75, 3.05) is 52.7 Å². The number of nitrogens with zero attached hydrogens (tertiary/aromatic N) is 3. The molecule has 0 bridgehead atoms. The monoisotopic (exact) mass is 432 g/mol. The molecule has 2 unspecified atom stereocenters. The number of azide groups is 1. The van der Waals surface area contributed by atoms with Crippen molar-refractivity contribution in [3.63, 3.8) is 0 Å². The minimum atomic E-state index is -4.71. The Hall–Kier alpha value is -1.00. The number of carbonyl (C=O) groups excluding carboxylic acids is 1. The molecule has 158 valence electrons. The molecular weight excluding hydrogens is 406 g/mol. The molecule has 0 radical (unpaired) electrons. The van der Waals surface area contributed by atoms with Gasteiger partial charge in [-0.25, -0.2) is 0 Å². The van der Waals surface area contributed by atoms with Gasteiger partial charge in [0.2, 0.25) is 13.9 Å². The van der Waals surface area contributed by atoms with E-state index in [0.29, 0.717) is 33.0 Å². The average Bonchev–Trinajstić information content (AvgIpc) is 2.57. The van der Waals surface area contributed by atoms with E-state index in [9.17, 15) is 13.9 Å². The van der Waals surface area contributed by atoms with Crippen molar-refractivity contribution in [1.82, 2.24) is 5.32 Å². The van der Waals surface area contributed by atoms with Crippen LogP contribution in [0.3, 0.4) is 0 Å². The standard InChI is InChI=1S/C12H26N4O9P2/c13-16-15-4-6-24-8-10-25-9-7-23-5-3-14-11(17)1-2-12(26(18)19)27(20,21)22/h12,26H,1-10H2,(H,14,17)(H,18,19)(H2,20,21,22). The number of hydrogen-bond acceptors (Lipinski definition) is 7. The van der Waals surface area contributed by atoms with Crippen LogP contribution in [-0.4, -0.2) is 78.7 Å². The summed E-state index contributed by atoms with van der Waals surface area (Å²) in [6.07, 6.45) is -0.639. The van der Waals surface area contributed by atoms with Crippen molar-refractivity contribution >= 4 is 21.5 Å². The number of carbonyl (C=O) groups is 1. The third kappa shape index (κ3) is 15.7. The lowest BCUT2D eigenvalue weighted by Crippen LogP contribution is -2.28. The Bertz CT molecular complexity index is 539. The van der Waals surface area contributed by atoms with Gasteiger partial charge in [0, 0.05) is 24.4 Å². The second-order valence-electron chi connectivity index (χ2n) is 5.12. The Labute approximate surface area is 157 Å². The highest BCUT2D eigenvalue weighted by Gasteiger charge is 2.33. The lowest BCUT2D eigenvalue weighted by molar-refractivity contribution is -0.121. The van der Waals surface area contributed by atoms with E-state index in [-0.39, 0.29) is 32.5 Å². The molecule has 0 fully saturated rings. The summed E-state index contributed by atoms with van der Waals surface area (Å²) in [6, 6.07) is 0. The van der Waals surface area contributed by atoms with Crippen molar-refractivity contribution in [1.29, 1.82) is 0 Å². The number of hydrogen-bond donors (Lipinski definition) is 4. The quantitative estimate of drug-likeness (QED) is 0.0815. The maximum absolute atomic E-state index is 11.5. The largest absolute Gasteiger partial charge is 0.379 e. The molecule has 0 aromatic rings. The first-order chi connectivity index (χ1) is 12.8. The predicted octanol–water partition coefficient (Wildman–Crippen LogP) is 0.214. The molecule has 0 saturated heterocycles. The second kappa shape index (κ2) is 16.0. The molecule has 1 amide bonds. The van der Waals surface area contributed by atoms with Gasteiger partial charge in [-0.05, 0) is 12.0 Å². The molecule has 0 aromatic carbocycles. The van der Waals surface area contributed by atoms with Crippen molar-refractivity contribution in [2.24, 2.45) is 5.11 Å². The van der Waals surface area contributed by atoms with E-state index in [1.165, 1.54) is 0 Å². The second-order valence-corrected chi connectivity index (χ2v) is 8.78. The average molecular weight is 432 g/mol. The van der Waals surface area contributed by atoms with Gasteiger partial charge in [-0.2, -0.15) is 0 Å². The van der Waals surface area contributed by atoms with E-state index in [4.69, 9.17) is 34.4 Å². The van der Waals surface area contributed by atoms with E-state index >= 15 is 0 Å². The predicted molar refractivity (Wildman–Crippen MR) is 95.8 cm³/mol. The summed E-state index contributed by atoms with van der Waals surface area (Å²) in [6.45, 7) is 2.38. The van der Waals surface area contributed by atoms with Crippen LogP contribution in [0.2, 0.25) is 0 Å². The van der Waals surface area contributed by atoms with Gasteiger partial charge in [0.05, 0.1) is 39.6 Å². The van der Waals surface area contributed by atoms with E-state index in [0.717, 1.165) is 0 Å². The molecule has 0 spiro atoms. The highest BCUT2D eigenvalue weighted by molar-refractivity contribution is 7.65. The summed E-state index contributed by atoms with van der Waals surface area (Å²) >= 11 is 0. The summed E-state index contributed by atoms with van der Waals surface area (Å²) in [4.78, 5) is 40.9. The van der Waals surface area contributed by atoms with Gasteiger partial charge < -0.3 is 34.2 Å².